The Kier molecular flexibility index (Phi) is 9.05. The molecule has 0 saturated carbocycles. The van der Waals surface area contributed by atoms with E-state index < -0.39 is 11.9 Å². The van der Waals surface area contributed by atoms with Crippen LogP contribution in [0.25, 0.3) is 0 Å². The average molecular weight is 515 g/mol. The van der Waals surface area contributed by atoms with Crippen LogP contribution in [0.3, 0.4) is 0 Å². The molecule has 4 rings (SSSR count). The van der Waals surface area contributed by atoms with Crippen molar-refractivity contribution in [1.82, 2.24) is 21.3 Å². The van der Waals surface area contributed by atoms with Crippen LogP contribution in [0.1, 0.15) is 38.5 Å². The maximum Gasteiger partial charge on any atom is 0.349 e. The first-order chi connectivity index (χ1) is 16.2. The van der Waals surface area contributed by atoms with Crippen molar-refractivity contribution in [2.24, 2.45) is 0 Å². The summed E-state index contributed by atoms with van der Waals surface area (Å²) in [6.07, 6.45) is 3.63. The van der Waals surface area contributed by atoms with E-state index in [1.54, 1.807) is 23.5 Å². The summed E-state index contributed by atoms with van der Waals surface area (Å²) in [5.74, 6) is -0.467. The average Bonchev–Trinajstić information content (AvgIpc) is 3.51. The molecule has 0 aromatic rings. The number of urea groups is 2. The first-order valence-corrected chi connectivity index (χ1v) is 13.2. The minimum absolute atomic E-state index is 0.108. The first-order valence-electron chi connectivity index (χ1n) is 11.1. The van der Waals surface area contributed by atoms with Crippen LogP contribution in [0, 0.1) is 10.8 Å². The molecular formula is C20H30N6O6S2. The van der Waals surface area contributed by atoms with E-state index >= 15 is 0 Å². The van der Waals surface area contributed by atoms with Gasteiger partial charge < -0.3 is 31.5 Å². The standard InChI is InChI=1S/2C10H15N3O3S/c2*11-5(9(14)15)2-1-3-7-8-6(4-17-7)12-10(16)13-8/h2*6-8,11H,1-4H2,(H,14,15)(H2,12,13,16)/t2*6-,7-,8-/m00/s1. The predicted molar refractivity (Wildman–Crippen MR) is 129 cm³/mol. The van der Waals surface area contributed by atoms with Crippen LogP contribution in [0.15, 0.2) is 0 Å². The van der Waals surface area contributed by atoms with Crippen LogP contribution in [-0.2, 0) is 9.59 Å². The molecule has 0 aromatic carbocycles. The summed E-state index contributed by atoms with van der Waals surface area (Å²) in [5.41, 5.74) is -0.476. The summed E-state index contributed by atoms with van der Waals surface area (Å²) in [7, 11) is 0. The van der Waals surface area contributed by atoms with Crippen molar-refractivity contribution >= 4 is 58.9 Å². The number of rotatable bonds is 10. The second-order valence-electron chi connectivity index (χ2n) is 8.60. The molecule has 6 atom stereocenters. The number of thioether (sulfide) groups is 2. The van der Waals surface area contributed by atoms with Gasteiger partial charge in [0.25, 0.3) is 0 Å². The molecule has 34 heavy (non-hydrogen) atoms. The van der Waals surface area contributed by atoms with Crippen molar-refractivity contribution < 1.29 is 29.4 Å². The molecule has 14 heteroatoms. The third kappa shape index (κ3) is 6.78. The third-order valence-corrected chi connectivity index (χ3v) is 9.24. The lowest BCUT2D eigenvalue weighted by molar-refractivity contribution is -0.130. The molecule has 0 radical (unpaired) electrons. The number of hydrogen-bond acceptors (Lipinski definition) is 8. The van der Waals surface area contributed by atoms with Gasteiger partial charge in [-0.05, 0) is 38.5 Å². The Labute approximate surface area is 205 Å². The zero-order valence-electron chi connectivity index (χ0n) is 18.5. The number of nitrogens with one attached hydrogen (secondary N) is 6. The van der Waals surface area contributed by atoms with Crippen molar-refractivity contribution in [3.63, 3.8) is 0 Å². The van der Waals surface area contributed by atoms with Gasteiger partial charge in [-0.3, -0.25) is 10.8 Å². The van der Waals surface area contributed by atoms with E-state index in [0.29, 0.717) is 36.2 Å². The summed E-state index contributed by atoms with van der Waals surface area (Å²) in [6.45, 7) is 0. The largest absolute Gasteiger partial charge is 0.477 e. The lowest BCUT2D eigenvalue weighted by Gasteiger charge is -2.16. The minimum atomic E-state index is -1.14. The Morgan fingerprint density at radius 1 is 0.765 bits per heavy atom. The quantitative estimate of drug-likeness (QED) is 0.155. The Morgan fingerprint density at radius 2 is 1.15 bits per heavy atom. The van der Waals surface area contributed by atoms with Crippen molar-refractivity contribution in [2.75, 3.05) is 11.5 Å². The normalized spacial score (nSPS) is 30.6. The van der Waals surface area contributed by atoms with Crippen LogP contribution < -0.4 is 21.3 Å². The molecular weight excluding hydrogens is 484 g/mol. The fourth-order valence-electron chi connectivity index (χ4n) is 4.46. The zero-order chi connectivity index (χ0) is 24.8. The molecule has 0 spiro atoms. The van der Waals surface area contributed by atoms with Crippen LogP contribution in [0.5, 0.6) is 0 Å². The van der Waals surface area contributed by atoms with Gasteiger partial charge in [0.2, 0.25) is 0 Å². The SMILES string of the molecule is N=C(CCC[C@@H]1SC[C@@H]2NC(=O)N[C@@H]21)C(=O)O.N=C(CCC[C@@H]1SC[C@@H]2NC(=O)N[C@@H]21)C(=O)O. The molecule has 4 fully saturated rings. The number of aliphatic carboxylic acids is 2. The summed E-state index contributed by atoms with van der Waals surface area (Å²) in [5, 5.41) is 43.7. The highest BCUT2D eigenvalue weighted by molar-refractivity contribution is 8.00. The second kappa shape index (κ2) is 11.8. The Hall–Kier alpha value is -2.48. The number of carboxylic acid groups (broad SMARTS) is 2. The number of carbonyl (C=O) groups is 4. The summed E-state index contributed by atoms with van der Waals surface area (Å²) in [4.78, 5) is 43.2. The lowest BCUT2D eigenvalue weighted by Crippen LogP contribution is -2.36. The molecule has 0 bridgehead atoms. The van der Waals surface area contributed by atoms with E-state index in [9.17, 15) is 19.2 Å². The van der Waals surface area contributed by atoms with Gasteiger partial charge >= 0.3 is 24.0 Å². The maximum absolute atomic E-state index is 11.1. The molecule has 4 saturated heterocycles. The number of fused-ring (bicyclic) bond motifs is 2. The lowest BCUT2D eigenvalue weighted by atomic mass is 10.0. The van der Waals surface area contributed by atoms with Gasteiger partial charge in [0.1, 0.15) is 11.4 Å². The van der Waals surface area contributed by atoms with E-state index in [-0.39, 0.29) is 47.7 Å². The van der Waals surface area contributed by atoms with Gasteiger partial charge in [-0.2, -0.15) is 23.5 Å². The molecule has 8 N–H and O–H groups in total. The first kappa shape index (κ1) is 26.1. The molecule has 4 amide bonds. The number of amides is 4. The molecule has 188 valence electrons. The van der Waals surface area contributed by atoms with Crippen LogP contribution in [0.2, 0.25) is 0 Å². The third-order valence-electron chi connectivity index (χ3n) is 6.22. The van der Waals surface area contributed by atoms with Gasteiger partial charge in [-0.15, -0.1) is 0 Å². The Bertz CT molecular complexity index is 789. The van der Waals surface area contributed by atoms with Crippen molar-refractivity contribution in [3.05, 3.63) is 0 Å². The van der Waals surface area contributed by atoms with Crippen molar-refractivity contribution in [2.45, 2.75) is 73.2 Å². The van der Waals surface area contributed by atoms with Gasteiger partial charge in [-0.1, -0.05) is 0 Å². The fraction of sp³-hybridized carbons (Fsp3) is 0.700. The molecule has 0 aliphatic carbocycles. The van der Waals surface area contributed by atoms with E-state index in [2.05, 4.69) is 21.3 Å². The molecule has 0 aromatic heterocycles. The van der Waals surface area contributed by atoms with Crippen LogP contribution in [-0.4, -0.2) is 91.8 Å². The van der Waals surface area contributed by atoms with Crippen molar-refractivity contribution in [1.29, 1.82) is 10.8 Å². The van der Waals surface area contributed by atoms with Gasteiger partial charge in [0.15, 0.2) is 0 Å². The topological polar surface area (TPSA) is 205 Å². The van der Waals surface area contributed by atoms with Crippen LogP contribution in [0.4, 0.5) is 9.59 Å². The molecule has 4 heterocycles. The van der Waals surface area contributed by atoms with Gasteiger partial charge in [0, 0.05) is 22.0 Å². The summed E-state index contributed by atoms with van der Waals surface area (Å²) >= 11 is 3.60. The smallest absolute Gasteiger partial charge is 0.349 e. The van der Waals surface area contributed by atoms with Crippen LogP contribution >= 0.6 is 23.5 Å². The molecule has 4 aliphatic rings. The number of hydrogen-bond donors (Lipinski definition) is 8. The van der Waals surface area contributed by atoms with E-state index in [1.165, 1.54) is 0 Å². The Balaban J connectivity index is 0.000000191. The monoisotopic (exact) mass is 514 g/mol. The van der Waals surface area contributed by atoms with Crippen molar-refractivity contribution in [3.8, 4) is 0 Å². The second-order valence-corrected chi connectivity index (χ2v) is 11.1. The fourth-order valence-corrected chi connectivity index (χ4v) is 7.55. The number of carbonyl (C=O) groups excluding carboxylic acids is 2. The van der Waals surface area contributed by atoms with Gasteiger partial charge in [-0.25, -0.2) is 19.2 Å². The molecule has 4 aliphatic heterocycles. The van der Waals surface area contributed by atoms with E-state index in [1.807, 2.05) is 0 Å². The predicted octanol–water partition coefficient (Wildman–Crippen LogP) is 0.853. The van der Waals surface area contributed by atoms with E-state index in [4.69, 9.17) is 21.0 Å². The summed E-state index contributed by atoms with van der Waals surface area (Å²) < 4.78 is 0. The highest BCUT2D eigenvalue weighted by atomic mass is 32.2. The minimum Gasteiger partial charge on any atom is -0.477 e. The molecule has 12 nitrogen and oxygen atoms in total. The van der Waals surface area contributed by atoms with E-state index in [0.717, 1.165) is 24.3 Å². The number of carboxylic acids is 2. The Morgan fingerprint density at radius 3 is 1.50 bits per heavy atom. The highest BCUT2D eigenvalue weighted by Crippen LogP contribution is 2.34. The summed E-state index contributed by atoms with van der Waals surface area (Å²) in [6, 6.07) is 0.512. The molecule has 0 unspecified atom stereocenters. The zero-order valence-corrected chi connectivity index (χ0v) is 20.1. The highest BCUT2D eigenvalue weighted by Gasteiger charge is 2.43. The maximum atomic E-state index is 11.1. The van der Waals surface area contributed by atoms with Gasteiger partial charge in [0.05, 0.1) is 24.2 Å².